The number of hydrogen-bond donors (Lipinski definition) is 0. The zero-order valence-corrected chi connectivity index (χ0v) is 21.4. The topological polar surface area (TPSA) is 69.5 Å². The van der Waals surface area contributed by atoms with Crippen molar-refractivity contribution in [2.75, 3.05) is 19.7 Å². The van der Waals surface area contributed by atoms with E-state index in [4.69, 9.17) is 26.1 Å². The van der Waals surface area contributed by atoms with Crippen LogP contribution in [0.25, 0.3) is 11.0 Å². The second-order valence-corrected chi connectivity index (χ2v) is 10.9. The molecule has 0 saturated carbocycles. The normalized spacial score (nSPS) is 19.6. The third-order valence-corrected chi connectivity index (χ3v) is 6.96. The maximum atomic E-state index is 12.7. The van der Waals surface area contributed by atoms with Crippen molar-refractivity contribution in [3.63, 3.8) is 0 Å². The fraction of sp³-hybridized carbons (Fsp3) is 0.519. The molecule has 0 bridgehead atoms. The molecule has 2 aliphatic heterocycles. The average molecular weight is 497 g/mol. The molecule has 0 amide bonds. The molecule has 2 saturated heterocycles. The van der Waals surface area contributed by atoms with Crippen molar-refractivity contribution in [3.05, 3.63) is 58.6 Å². The summed E-state index contributed by atoms with van der Waals surface area (Å²) in [7, 11) is 0. The van der Waals surface area contributed by atoms with Gasteiger partial charge in [-0.15, -0.1) is 0 Å². The smallest absolute Gasteiger partial charge is 0.338 e. The maximum Gasteiger partial charge on any atom is 0.338 e. The quantitative estimate of drug-likeness (QED) is 0.344. The van der Waals surface area contributed by atoms with Crippen LogP contribution in [0.15, 0.2) is 36.4 Å². The van der Waals surface area contributed by atoms with Gasteiger partial charge in [-0.1, -0.05) is 17.7 Å². The first-order valence-electron chi connectivity index (χ1n) is 12.4. The summed E-state index contributed by atoms with van der Waals surface area (Å²) in [6.07, 6.45) is 3.32. The molecule has 2 aromatic heterocycles. The van der Waals surface area contributed by atoms with Crippen molar-refractivity contribution in [1.82, 2.24) is 19.4 Å². The molecule has 5 rings (SSSR count). The molecule has 2 aliphatic rings. The van der Waals surface area contributed by atoms with Gasteiger partial charge in [0.15, 0.2) is 0 Å². The standard InChI is InChI=1S/C27H33ClN4O3/c1-27(2,3)35-26(33)19-7-8-22-23(15-19)32(16-20-11-14-34-20)25(30-22)17-31-12-9-18(10-13-31)21-5-4-6-24(28)29-21/h4-8,15,18,20H,9-14,16-17H2,1-3H3. The number of pyridine rings is 1. The van der Waals surface area contributed by atoms with Crippen LogP contribution in [-0.2, 0) is 22.6 Å². The molecule has 0 spiro atoms. The number of imidazole rings is 1. The second-order valence-electron chi connectivity index (χ2n) is 10.6. The summed E-state index contributed by atoms with van der Waals surface area (Å²) in [5.41, 5.74) is 2.94. The molecule has 4 heterocycles. The van der Waals surface area contributed by atoms with Gasteiger partial charge in [-0.05, 0) is 83.5 Å². The largest absolute Gasteiger partial charge is 0.456 e. The molecule has 1 atom stereocenters. The van der Waals surface area contributed by atoms with E-state index in [1.54, 1.807) is 6.07 Å². The first kappa shape index (κ1) is 24.2. The Morgan fingerprint density at radius 1 is 1.14 bits per heavy atom. The summed E-state index contributed by atoms with van der Waals surface area (Å²) >= 11 is 6.10. The van der Waals surface area contributed by atoms with Crippen LogP contribution >= 0.6 is 11.6 Å². The zero-order valence-electron chi connectivity index (χ0n) is 20.7. The molecule has 0 radical (unpaired) electrons. The Hall–Kier alpha value is -2.48. The second kappa shape index (κ2) is 9.88. The van der Waals surface area contributed by atoms with E-state index in [0.717, 1.165) is 74.6 Å². The number of carbonyl (C=O) groups excluding carboxylic acids is 1. The Bertz CT molecular complexity index is 1210. The van der Waals surface area contributed by atoms with Crippen molar-refractivity contribution < 1.29 is 14.3 Å². The van der Waals surface area contributed by atoms with E-state index in [9.17, 15) is 4.79 Å². The maximum absolute atomic E-state index is 12.7. The van der Waals surface area contributed by atoms with Crippen LogP contribution in [0.1, 0.15) is 67.8 Å². The summed E-state index contributed by atoms with van der Waals surface area (Å²) in [6, 6.07) is 11.5. The molecule has 0 N–H and O–H groups in total. The van der Waals surface area contributed by atoms with Gasteiger partial charge in [-0.2, -0.15) is 0 Å². The number of halogens is 1. The SMILES string of the molecule is CC(C)(C)OC(=O)c1ccc2nc(CN3CCC(c4cccc(Cl)n4)CC3)n(CC3CCO3)c2c1. The van der Waals surface area contributed by atoms with Gasteiger partial charge in [0.05, 0.1) is 35.8 Å². The highest BCUT2D eigenvalue weighted by Gasteiger charge is 2.26. The van der Waals surface area contributed by atoms with E-state index in [1.807, 2.05) is 45.0 Å². The minimum Gasteiger partial charge on any atom is -0.456 e. The molecule has 1 unspecified atom stereocenters. The fourth-order valence-electron chi connectivity index (χ4n) is 4.83. The predicted molar refractivity (Wildman–Crippen MR) is 136 cm³/mol. The third-order valence-electron chi connectivity index (χ3n) is 6.75. The van der Waals surface area contributed by atoms with Gasteiger partial charge in [0.1, 0.15) is 16.6 Å². The van der Waals surface area contributed by atoms with Crippen LogP contribution in [-0.4, -0.2) is 56.8 Å². The van der Waals surface area contributed by atoms with E-state index in [-0.39, 0.29) is 12.1 Å². The van der Waals surface area contributed by atoms with E-state index >= 15 is 0 Å². The van der Waals surface area contributed by atoms with Gasteiger partial charge >= 0.3 is 5.97 Å². The number of benzene rings is 1. The van der Waals surface area contributed by atoms with Crippen molar-refractivity contribution in [2.45, 2.75) is 70.7 Å². The molecule has 3 aromatic rings. The number of rotatable bonds is 6. The van der Waals surface area contributed by atoms with Crippen molar-refractivity contribution in [3.8, 4) is 0 Å². The number of nitrogens with zero attached hydrogens (tertiary/aromatic N) is 4. The van der Waals surface area contributed by atoms with Crippen LogP contribution in [0, 0.1) is 0 Å². The van der Waals surface area contributed by atoms with Crippen LogP contribution in [0.5, 0.6) is 0 Å². The molecular weight excluding hydrogens is 464 g/mol. The van der Waals surface area contributed by atoms with Gasteiger partial charge in [-0.3, -0.25) is 4.90 Å². The lowest BCUT2D eigenvalue weighted by molar-refractivity contribution is -0.0592. The summed E-state index contributed by atoms with van der Waals surface area (Å²) in [5, 5.41) is 0.558. The Morgan fingerprint density at radius 2 is 1.91 bits per heavy atom. The number of hydrogen-bond acceptors (Lipinski definition) is 6. The van der Waals surface area contributed by atoms with E-state index in [1.165, 1.54) is 0 Å². The predicted octanol–water partition coefficient (Wildman–Crippen LogP) is 5.21. The van der Waals surface area contributed by atoms with Crippen molar-refractivity contribution in [2.24, 2.45) is 0 Å². The lowest BCUT2D eigenvalue weighted by Gasteiger charge is -2.32. The highest BCUT2D eigenvalue weighted by Crippen LogP contribution is 2.29. The number of aromatic nitrogens is 3. The Labute approximate surface area is 211 Å². The summed E-state index contributed by atoms with van der Waals surface area (Å²) in [6.45, 7) is 9.91. The minimum atomic E-state index is -0.538. The van der Waals surface area contributed by atoms with E-state index in [0.29, 0.717) is 16.6 Å². The number of fused-ring (bicyclic) bond motifs is 1. The fourth-order valence-corrected chi connectivity index (χ4v) is 5.00. The molecule has 2 fully saturated rings. The van der Waals surface area contributed by atoms with Gasteiger partial charge in [-0.25, -0.2) is 14.8 Å². The average Bonchev–Trinajstić information content (AvgIpc) is 3.11. The number of ether oxygens (including phenoxy) is 2. The zero-order chi connectivity index (χ0) is 24.6. The molecule has 8 heteroatoms. The highest BCUT2D eigenvalue weighted by molar-refractivity contribution is 6.29. The molecule has 186 valence electrons. The molecular formula is C27H33ClN4O3. The van der Waals surface area contributed by atoms with Crippen molar-refractivity contribution >= 4 is 28.6 Å². The summed E-state index contributed by atoms with van der Waals surface area (Å²) in [4.78, 5) is 24.6. The number of esters is 1. The van der Waals surface area contributed by atoms with Gasteiger partial charge in [0.25, 0.3) is 0 Å². The summed E-state index contributed by atoms with van der Waals surface area (Å²) < 4.78 is 13.6. The van der Waals surface area contributed by atoms with E-state index < -0.39 is 5.60 Å². The number of carbonyl (C=O) groups is 1. The monoisotopic (exact) mass is 496 g/mol. The lowest BCUT2D eigenvalue weighted by Crippen LogP contribution is -2.35. The van der Waals surface area contributed by atoms with Gasteiger partial charge in [0, 0.05) is 18.2 Å². The van der Waals surface area contributed by atoms with Gasteiger partial charge in [0.2, 0.25) is 0 Å². The molecule has 35 heavy (non-hydrogen) atoms. The summed E-state index contributed by atoms with van der Waals surface area (Å²) in [5.74, 6) is 1.13. The van der Waals surface area contributed by atoms with E-state index in [2.05, 4.69) is 20.5 Å². The first-order chi connectivity index (χ1) is 16.7. The minimum absolute atomic E-state index is 0.191. The van der Waals surface area contributed by atoms with Gasteiger partial charge < -0.3 is 14.0 Å². The Balaban J connectivity index is 1.35. The molecule has 7 nitrogen and oxygen atoms in total. The first-order valence-corrected chi connectivity index (χ1v) is 12.8. The highest BCUT2D eigenvalue weighted by atomic mass is 35.5. The van der Waals surface area contributed by atoms with Crippen LogP contribution in [0.3, 0.4) is 0 Å². The van der Waals surface area contributed by atoms with Crippen LogP contribution in [0.2, 0.25) is 5.15 Å². The third kappa shape index (κ3) is 5.68. The molecule has 0 aliphatic carbocycles. The Kier molecular flexibility index (Phi) is 6.84. The Morgan fingerprint density at radius 3 is 2.57 bits per heavy atom. The lowest BCUT2D eigenvalue weighted by atomic mass is 9.93. The van der Waals surface area contributed by atoms with Crippen LogP contribution in [0.4, 0.5) is 0 Å². The van der Waals surface area contributed by atoms with Crippen LogP contribution < -0.4 is 0 Å². The van der Waals surface area contributed by atoms with Crippen molar-refractivity contribution in [1.29, 1.82) is 0 Å². The number of piperidine rings is 1. The molecule has 1 aromatic carbocycles. The number of likely N-dealkylation sites (tertiary alicyclic amines) is 1.